The van der Waals surface area contributed by atoms with Gasteiger partial charge in [0.15, 0.2) is 0 Å². The summed E-state index contributed by atoms with van der Waals surface area (Å²) in [5, 5.41) is 0.154. The fourth-order valence-electron chi connectivity index (χ4n) is 2.57. The normalized spacial score (nSPS) is 11.6. The van der Waals surface area contributed by atoms with Crippen molar-refractivity contribution in [1.82, 2.24) is 9.62 Å². The first-order valence-electron chi connectivity index (χ1n) is 8.49. The van der Waals surface area contributed by atoms with Crippen LogP contribution in [-0.4, -0.2) is 31.8 Å². The van der Waals surface area contributed by atoms with Gasteiger partial charge in [0.2, 0.25) is 10.0 Å². The van der Waals surface area contributed by atoms with E-state index >= 15 is 0 Å². The summed E-state index contributed by atoms with van der Waals surface area (Å²) in [5.41, 5.74) is 0.716. The number of nitrogens with zero attached hydrogens (tertiary/aromatic N) is 1. The Kier molecular flexibility index (Phi) is 6.97. The average Bonchev–Trinajstić information content (AvgIpc) is 2.58. The van der Waals surface area contributed by atoms with Gasteiger partial charge in [0.25, 0.3) is 5.91 Å². The molecule has 2 aromatic rings. The summed E-state index contributed by atoms with van der Waals surface area (Å²) in [6, 6.07) is 9.69. The van der Waals surface area contributed by atoms with Crippen LogP contribution in [-0.2, 0) is 16.6 Å². The molecule has 0 aliphatic rings. The predicted octanol–water partition coefficient (Wildman–Crippen LogP) is 3.83. The van der Waals surface area contributed by atoms with E-state index in [0.717, 1.165) is 0 Å². The summed E-state index contributed by atoms with van der Waals surface area (Å²) in [4.78, 5) is 14.4. The van der Waals surface area contributed by atoms with Gasteiger partial charge in [0, 0.05) is 19.1 Å². The quantitative estimate of drug-likeness (QED) is 0.751. The van der Waals surface area contributed by atoms with E-state index in [1.165, 1.54) is 35.2 Å². The molecule has 27 heavy (non-hydrogen) atoms. The van der Waals surface area contributed by atoms with Gasteiger partial charge in [-0.05, 0) is 56.7 Å². The van der Waals surface area contributed by atoms with Crippen molar-refractivity contribution >= 4 is 27.5 Å². The number of sulfonamides is 1. The van der Waals surface area contributed by atoms with Crippen molar-refractivity contribution in [1.29, 1.82) is 0 Å². The minimum atomic E-state index is -3.76. The van der Waals surface area contributed by atoms with Crippen molar-refractivity contribution in [2.24, 2.45) is 0 Å². The second kappa shape index (κ2) is 8.82. The number of hydrogen-bond acceptors (Lipinski definition) is 3. The molecule has 2 aromatic carbocycles. The number of carbonyl (C=O) groups excluding carboxylic acids is 1. The highest BCUT2D eigenvalue weighted by molar-refractivity contribution is 7.89. The second-order valence-corrected chi connectivity index (χ2v) is 8.49. The fraction of sp³-hybridized carbons (Fsp3) is 0.316. The molecule has 0 aliphatic heterocycles. The molecular formula is C19H22ClFN2O3S. The summed E-state index contributed by atoms with van der Waals surface area (Å²) in [7, 11) is -3.76. The Morgan fingerprint density at radius 1 is 1.22 bits per heavy atom. The Morgan fingerprint density at radius 3 is 2.52 bits per heavy atom. The van der Waals surface area contributed by atoms with Crippen LogP contribution in [0.3, 0.4) is 0 Å². The lowest BCUT2D eigenvalue weighted by Gasteiger charge is -2.22. The third kappa shape index (κ3) is 5.51. The van der Waals surface area contributed by atoms with Crippen molar-refractivity contribution in [3.05, 3.63) is 64.4 Å². The van der Waals surface area contributed by atoms with Crippen LogP contribution in [0.4, 0.5) is 4.39 Å². The SMILES string of the molecule is CCN(Cc1cccc(F)c1)C(=O)c1cc(S(=O)(=O)NC(C)C)ccc1Cl. The number of nitrogens with one attached hydrogen (secondary N) is 1. The summed E-state index contributed by atoms with van der Waals surface area (Å²) in [6.07, 6.45) is 0. The Balaban J connectivity index is 2.34. The second-order valence-electron chi connectivity index (χ2n) is 6.37. The summed E-state index contributed by atoms with van der Waals surface area (Å²) in [5.74, 6) is -0.810. The highest BCUT2D eigenvalue weighted by Crippen LogP contribution is 2.23. The molecule has 0 atom stereocenters. The zero-order valence-electron chi connectivity index (χ0n) is 15.4. The van der Waals surface area contributed by atoms with Crippen LogP contribution in [0.2, 0.25) is 5.02 Å². The maximum Gasteiger partial charge on any atom is 0.255 e. The Morgan fingerprint density at radius 2 is 1.93 bits per heavy atom. The van der Waals surface area contributed by atoms with Crippen molar-refractivity contribution < 1.29 is 17.6 Å². The molecule has 0 unspecified atom stereocenters. The molecule has 0 radical (unpaired) electrons. The largest absolute Gasteiger partial charge is 0.335 e. The van der Waals surface area contributed by atoms with Gasteiger partial charge in [-0.2, -0.15) is 0 Å². The van der Waals surface area contributed by atoms with E-state index in [4.69, 9.17) is 11.6 Å². The molecule has 1 amide bonds. The zero-order valence-corrected chi connectivity index (χ0v) is 16.9. The van der Waals surface area contributed by atoms with Crippen LogP contribution < -0.4 is 4.72 Å². The standard InChI is InChI=1S/C19H22ClFN2O3S/c1-4-23(12-14-6-5-7-15(21)10-14)19(24)17-11-16(8-9-18(17)20)27(25,26)22-13(2)3/h5-11,13,22H,4,12H2,1-3H3. The third-order valence-corrected chi connectivity index (χ3v) is 5.79. The first-order chi connectivity index (χ1) is 12.6. The first-order valence-corrected chi connectivity index (χ1v) is 10.4. The predicted molar refractivity (Wildman–Crippen MR) is 104 cm³/mol. The zero-order chi connectivity index (χ0) is 20.2. The topological polar surface area (TPSA) is 66.5 Å². The van der Waals surface area contributed by atoms with Gasteiger partial charge in [-0.25, -0.2) is 17.5 Å². The molecule has 2 rings (SSSR count). The Labute approximate surface area is 164 Å². The molecule has 0 spiro atoms. The number of hydrogen-bond donors (Lipinski definition) is 1. The van der Waals surface area contributed by atoms with Gasteiger partial charge in [-0.15, -0.1) is 0 Å². The lowest BCUT2D eigenvalue weighted by Crippen LogP contribution is -2.32. The minimum absolute atomic E-state index is 0.0363. The molecular weight excluding hydrogens is 391 g/mol. The maximum atomic E-state index is 13.4. The van der Waals surface area contributed by atoms with Crippen LogP contribution in [0.1, 0.15) is 36.7 Å². The van der Waals surface area contributed by atoms with E-state index < -0.39 is 15.9 Å². The Hall–Kier alpha value is -1.96. The van der Waals surface area contributed by atoms with E-state index in [2.05, 4.69) is 4.72 Å². The molecule has 0 saturated carbocycles. The molecule has 0 saturated heterocycles. The van der Waals surface area contributed by atoms with Crippen LogP contribution in [0.25, 0.3) is 0 Å². The molecule has 0 fully saturated rings. The van der Waals surface area contributed by atoms with Gasteiger partial charge < -0.3 is 4.90 Å². The van der Waals surface area contributed by atoms with E-state index in [1.54, 1.807) is 32.9 Å². The van der Waals surface area contributed by atoms with Crippen molar-refractivity contribution in [3.8, 4) is 0 Å². The van der Waals surface area contributed by atoms with Crippen LogP contribution in [0.5, 0.6) is 0 Å². The number of halogens is 2. The molecule has 1 N–H and O–H groups in total. The van der Waals surface area contributed by atoms with Crippen molar-refractivity contribution in [2.75, 3.05) is 6.54 Å². The Bertz CT molecular complexity index is 932. The lowest BCUT2D eigenvalue weighted by molar-refractivity contribution is 0.0752. The van der Waals surface area contributed by atoms with E-state index in [0.29, 0.717) is 12.1 Å². The number of rotatable bonds is 7. The van der Waals surface area contributed by atoms with Crippen LogP contribution in [0, 0.1) is 5.82 Å². The number of amides is 1. The van der Waals surface area contributed by atoms with Gasteiger partial charge >= 0.3 is 0 Å². The average molecular weight is 413 g/mol. The van der Waals surface area contributed by atoms with Gasteiger partial charge in [-0.1, -0.05) is 23.7 Å². The fourth-order valence-corrected chi connectivity index (χ4v) is 4.04. The van der Waals surface area contributed by atoms with E-state index in [1.807, 2.05) is 0 Å². The maximum absolute atomic E-state index is 13.4. The molecule has 0 aromatic heterocycles. The number of carbonyl (C=O) groups is 1. The monoisotopic (exact) mass is 412 g/mol. The molecule has 0 heterocycles. The van der Waals surface area contributed by atoms with Crippen molar-refractivity contribution in [3.63, 3.8) is 0 Å². The first kappa shape index (κ1) is 21.3. The highest BCUT2D eigenvalue weighted by atomic mass is 35.5. The summed E-state index contributed by atoms with van der Waals surface area (Å²) >= 11 is 6.15. The third-order valence-electron chi connectivity index (χ3n) is 3.80. The minimum Gasteiger partial charge on any atom is -0.335 e. The van der Waals surface area contributed by atoms with Crippen molar-refractivity contribution in [2.45, 2.75) is 38.3 Å². The van der Waals surface area contributed by atoms with Gasteiger partial charge in [0.05, 0.1) is 15.5 Å². The van der Waals surface area contributed by atoms with Crippen LogP contribution >= 0.6 is 11.6 Å². The molecule has 0 aliphatic carbocycles. The van der Waals surface area contributed by atoms with E-state index in [9.17, 15) is 17.6 Å². The molecule has 8 heteroatoms. The molecule has 0 bridgehead atoms. The van der Waals surface area contributed by atoms with Gasteiger partial charge in [-0.3, -0.25) is 4.79 Å². The highest BCUT2D eigenvalue weighted by Gasteiger charge is 2.22. The molecule has 5 nitrogen and oxygen atoms in total. The van der Waals surface area contributed by atoms with E-state index in [-0.39, 0.29) is 33.9 Å². The summed E-state index contributed by atoms with van der Waals surface area (Å²) in [6.45, 7) is 5.73. The smallest absolute Gasteiger partial charge is 0.255 e. The lowest BCUT2D eigenvalue weighted by atomic mass is 10.1. The summed E-state index contributed by atoms with van der Waals surface area (Å²) < 4.78 is 40.6. The van der Waals surface area contributed by atoms with Crippen LogP contribution in [0.15, 0.2) is 47.4 Å². The number of benzene rings is 2. The van der Waals surface area contributed by atoms with Gasteiger partial charge in [0.1, 0.15) is 5.82 Å². The molecule has 146 valence electrons.